The number of nitrogens with zero attached hydrogens (tertiary/aromatic N) is 1. The van der Waals surface area contributed by atoms with Crippen LogP contribution in [0, 0.1) is 28.1 Å². The van der Waals surface area contributed by atoms with E-state index in [1.165, 1.54) is 12.8 Å². The number of rotatable bonds is 8. The lowest BCUT2D eigenvalue weighted by atomic mass is 9.80. The van der Waals surface area contributed by atoms with Gasteiger partial charge in [0.05, 0.1) is 0 Å². The minimum Gasteiger partial charge on any atom is -0.332 e. The molecule has 32 heavy (non-hydrogen) atoms. The molecule has 0 aromatic heterocycles. The fourth-order valence-corrected chi connectivity index (χ4v) is 6.12. The zero-order valence-electron chi connectivity index (χ0n) is 18.9. The maximum atomic E-state index is 12.1. The molecule has 3 aromatic carbocycles. The summed E-state index contributed by atoms with van der Waals surface area (Å²) in [4.78, 5) is 12.1. The largest absolute Gasteiger partial charge is 0.332 e. The zero-order chi connectivity index (χ0) is 22.2. The summed E-state index contributed by atoms with van der Waals surface area (Å²) in [6, 6.07) is 30.6. The van der Waals surface area contributed by atoms with Gasteiger partial charge in [-0.25, -0.2) is 0 Å². The molecule has 3 nitrogen and oxygen atoms in total. The quantitative estimate of drug-likeness (QED) is 0.284. The van der Waals surface area contributed by atoms with Crippen molar-refractivity contribution >= 4 is 0 Å². The van der Waals surface area contributed by atoms with Gasteiger partial charge in [0.1, 0.15) is 5.60 Å². The Balaban J connectivity index is 1.53. The molecular formula is C29H31NO2. The molecule has 3 unspecified atom stereocenters. The van der Waals surface area contributed by atoms with E-state index in [-0.39, 0.29) is 0 Å². The van der Waals surface area contributed by atoms with Gasteiger partial charge in [-0.3, -0.25) is 0 Å². The molecule has 2 aliphatic carbocycles. The zero-order valence-corrected chi connectivity index (χ0v) is 18.9. The molecule has 0 radical (unpaired) electrons. The number of fused-ring (bicyclic) bond motifs is 1. The average Bonchev–Trinajstić information content (AvgIpc) is 3.15. The molecule has 0 saturated heterocycles. The molecule has 0 aliphatic heterocycles. The first-order valence-corrected chi connectivity index (χ1v) is 11.7. The summed E-state index contributed by atoms with van der Waals surface area (Å²) >= 11 is 0. The van der Waals surface area contributed by atoms with Gasteiger partial charge < -0.3 is 4.74 Å². The second kappa shape index (κ2) is 8.29. The molecule has 164 valence electrons. The van der Waals surface area contributed by atoms with E-state index in [4.69, 9.17) is 4.74 Å². The van der Waals surface area contributed by atoms with Crippen LogP contribution in [0.3, 0.4) is 0 Å². The molecule has 3 aromatic rings. The van der Waals surface area contributed by atoms with Gasteiger partial charge in [-0.05, 0) is 57.9 Å². The van der Waals surface area contributed by atoms with Crippen molar-refractivity contribution in [2.45, 2.75) is 44.9 Å². The summed E-state index contributed by atoms with van der Waals surface area (Å²) in [5.74, 6) is 2.09. The Kier molecular flexibility index (Phi) is 5.46. The highest BCUT2D eigenvalue weighted by Crippen LogP contribution is 2.68. The lowest BCUT2D eigenvalue weighted by molar-refractivity contribution is -0.0545. The fourth-order valence-electron chi connectivity index (χ4n) is 6.12. The van der Waals surface area contributed by atoms with Crippen LogP contribution in [0.4, 0.5) is 0 Å². The van der Waals surface area contributed by atoms with Gasteiger partial charge in [-0.1, -0.05) is 105 Å². The second-order valence-electron chi connectivity index (χ2n) is 10.1. The molecule has 0 bridgehead atoms. The number of ether oxygens (including phenoxy) is 1. The molecule has 2 aliphatic rings. The van der Waals surface area contributed by atoms with Gasteiger partial charge in [0, 0.05) is 6.42 Å². The fraction of sp³-hybridized carbons (Fsp3) is 0.379. The van der Waals surface area contributed by atoms with Crippen molar-refractivity contribution in [3.8, 4) is 0 Å². The van der Waals surface area contributed by atoms with E-state index in [0.717, 1.165) is 28.5 Å². The third-order valence-electron chi connectivity index (χ3n) is 7.97. The molecule has 5 rings (SSSR count). The maximum absolute atomic E-state index is 12.1. The molecule has 3 atom stereocenters. The minimum atomic E-state index is -0.900. The van der Waals surface area contributed by atoms with E-state index < -0.39 is 11.8 Å². The monoisotopic (exact) mass is 425 g/mol. The van der Waals surface area contributed by atoms with Crippen LogP contribution in [-0.4, -0.2) is 6.23 Å². The van der Waals surface area contributed by atoms with Gasteiger partial charge in [0.2, 0.25) is 0 Å². The Bertz CT molecular complexity index is 938. The number of hydrogen-bond donors (Lipinski definition) is 0. The van der Waals surface area contributed by atoms with Gasteiger partial charge >= 0.3 is 0 Å². The molecule has 2 saturated carbocycles. The van der Waals surface area contributed by atoms with E-state index in [0.29, 0.717) is 17.8 Å². The molecule has 3 heteroatoms. The van der Waals surface area contributed by atoms with Crippen LogP contribution >= 0.6 is 0 Å². The summed E-state index contributed by atoms with van der Waals surface area (Å²) in [7, 11) is 0. The van der Waals surface area contributed by atoms with E-state index >= 15 is 0 Å². The van der Waals surface area contributed by atoms with Crippen LogP contribution < -0.4 is 0 Å². The molecule has 0 N–H and O–H groups in total. The molecule has 0 amide bonds. The standard InChI is InChI=1S/C29H31NO2/c1-28(2)25-18-21(19-26(25)28)20-27(30-31)32-29(22-12-6-3-7-13-22,23-14-8-4-9-15-23)24-16-10-5-11-17-24/h3-17,21,25-27H,18-20H2,1-2H3. The third kappa shape index (κ3) is 3.59. The molecule has 2 fully saturated rings. The van der Waals surface area contributed by atoms with Crippen LogP contribution in [-0.2, 0) is 10.3 Å². The predicted molar refractivity (Wildman–Crippen MR) is 128 cm³/mol. The Morgan fingerprint density at radius 2 is 1.22 bits per heavy atom. The highest BCUT2D eigenvalue weighted by atomic mass is 16.5. The smallest absolute Gasteiger partial charge is 0.191 e. The van der Waals surface area contributed by atoms with Crippen LogP contribution in [0.5, 0.6) is 0 Å². The van der Waals surface area contributed by atoms with Gasteiger partial charge in [0.25, 0.3) is 0 Å². The Morgan fingerprint density at radius 1 is 0.812 bits per heavy atom. The second-order valence-corrected chi connectivity index (χ2v) is 10.1. The van der Waals surface area contributed by atoms with Gasteiger partial charge in [0.15, 0.2) is 6.23 Å². The number of nitroso groups, excluding NO2 is 1. The van der Waals surface area contributed by atoms with Crippen molar-refractivity contribution in [2.24, 2.45) is 28.3 Å². The first-order valence-electron chi connectivity index (χ1n) is 11.7. The highest BCUT2D eigenvalue weighted by molar-refractivity contribution is 5.47. The van der Waals surface area contributed by atoms with Crippen LogP contribution in [0.1, 0.15) is 49.8 Å². The van der Waals surface area contributed by atoms with Gasteiger partial charge in [-0.15, -0.1) is 4.91 Å². The van der Waals surface area contributed by atoms with Crippen molar-refractivity contribution < 1.29 is 4.74 Å². The predicted octanol–water partition coefficient (Wildman–Crippen LogP) is 7.16. The summed E-state index contributed by atoms with van der Waals surface area (Å²) in [6.07, 6.45) is 2.34. The maximum Gasteiger partial charge on any atom is 0.191 e. The van der Waals surface area contributed by atoms with Crippen molar-refractivity contribution in [1.82, 2.24) is 0 Å². The average molecular weight is 426 g/mol. The lowest BCUT2D eigenvalue weighted by Gasteiger charge is -2.37. The van der Waals surface area contributed by atoms with Crippen molar-refractivity contribution in [2.75, 3.05) is 0 Å². The van der Waals surface area contributed by atoms with E-state index in [1.807, 2.05) is 54.6 Å². The normalized spacial score (nSPS) is 24.5. The summed E-state index contributed by atoms with van der Waals surface area (Å²) in [5.41, 5.74) is 2.58. The Hall–Kier alpha value is -2.78. The summed E-state index contributed by atoms with van der Waals surface area (Å²) in [5, 5.41) is 3.52. The third-order valence-corrected chi connectivity index (χ3v) is 7.97. The van der Waals surface area contributed by atoms with Gasteiger partial charge in [-0.2, -0.15) is 0 Å². The first-order chi connectivity index (χ1) is 15.6. The van der Waals surface area contributed by atoms with E-state index in [9.17, 15) is 4.91 Å². The summed E-state index contributed by atoms with van der Waals surface area (Å²) < 4.78 is 6.83. The van der Waals surface area contributed by atoms with E-state index in [2.05, 4.69) is 55.4 Å². The molecule has 0 heterocycles. The number of hydrogen-bond acceptors (Lipinski definition) is 3. The van der Waals surface area contributed by atoms with Crippen molar-refractivity contribution in [1.29, 1.82) is 0 Å². The van der Waals surface area contributed by atoms with Crippen LogP contribution in [0.15, 0.2) is 96.2 Å². The molecular weight excluding hydrogens is 394 g/mol. The van der Waals surface area contributed by atoms with E-state index in [1.54, 1.807) is 0 Å². The Morgan fingerprint density at radius 3 is 1.59 bits per heavy atom. The van der Waals surface area contributed by atoms with Crippen molar-refractivity contribution in [3.05, 3.63) is 113 Å². The van der Waals surface area contributed by atoms with Crippen LogP contribution in [0.25, 0.3) is 0 Å². The first kappa shape index (κ1) is 21.1. The lowest BCUT2D eigenvalue weighted by Crippen LogP contribution is -2.37. The summed E-state index contributed by atoms with van der Waals surface area (Å²) in [6.45, 7) is 4.74. The molecule has 0 spiro atoms. The minimum absolute atomic E-state index is 0.476. The highest BCUT2D eigenvalue weighted by Gasteiger charge is 2.62. The van der Waals surface area contributed by atoms with Crippen molar-refractivity contribution in [3.63, 3.8) is 0 Å². The van der Waals surface area contributed by atoms with Crippen LogP contribution in [0.2, 0.25) is 0 Å². The topological polar surface area (TPSA) is 38.7 Å². The SMILES string of the molecule is CC1(C)C2CC(CC(N=O)OC(c3ccccc3)(c3ccccc3)c3ccccc3)CC21. The Labute approximate surface area is 190 Å². The number of benzene rings is 3.